The highest BCUT2D eigenvalue weighted by Crippen LogP contribution is 2.47. The molecule has 2 unspecified atom stereocenters. The number of carbonyl (C=O) groups excluding carboxylic acids is 1. The molecule has 2 atom stereocenters. The summed E-state index contributed by atoms with van der Waals surface area (Å²) >= 11 is 0. The van der Waals surface area contributed by atoms with E-state index in [1.54, 1.807) is 0 Å². The fraction of sp³-hybridized carbons (Fsp3) is 0.381. The Kier molecular flexibility index (Phi) is 4.00. The molecule has 0 amide bonds. The molecule has 0 saturated carbocycles. The monoisotopic (exact) mass is 336 g/mol. The van der Waals surface area contributed by atoms with Crippen LogP contribution in [0.15, 0.2) is 42.5 Å². The summed E-state index contributed by atoms with van der Waals surface area (Å²) in [4.78, 5) is 17.0. The zero-order valence-electron chi connectivity index (χ0n) is 15.0. The molecule has 0 spiro atoms. The van der Waals surface area contributed by atoms with E-state index >= 15 is 0 Å². The van der Waals surface area contributed by atoms with Gasteiger partial charge in [-0.05, 0) is 49.7 Å². The minimum Gasteiger partial charge on any atom is -0.426 e. The molecule has 130 valence electrons. The minimum absolute atomic E-state index is 0.213. The summed E-state index contributed by atoms with van der Waals surface area (Å²) < 4.78 is 5.61. The van der Waals surface area contributed by atoms with Crippen LogP contribution in [0.4, 0.5) is 5.69 Å². The van der Waals surface area contributed by atoms with Crippen molar-refractivity contribution in [3.63, 3.8) is 0 Å². The van der Waals surface area contributed by atoms with E-state index in [-0.39, 0.29) is 5.97 Å². The van der Waals surface area contributed by atoms with Crippen LogP contribution in [0, 0.1) is 6.92 Å². The second kappa shape index (κ2) is 6.19. The van der Waals surface area contributed by atoms with Gasteiger partial charge in [0.15, 0.2) is 0 Å². The topological polar surface area (TPSA) is 32.8 Å². The van der Waals surface area contributed by atoms with Gasteiger partial charge in [-0.25, -0.2) is 0 Å². The lowest BCUT2D eigenvalue weighted by Crippen LogP contribution is -2.39. The Labute approximate surface area is 149 Å². The Morgan fingerprint density at radius 2 is 1.92 bits per heavy atom. The number of benzene rings is 2. The first-order chi connectivity index (χ1) is 12.0. The molecule has 0 N–H and O–H groups in total. The van der Waals surface area contributed by atoms with E-state index in [4.69, 9.17) is 4.74 Å². The molecule has 0 bridgehead atoms. The van der Waals surface area contributed by atoms with Gasteiger partial charge in [0.2, 0.25) is 0 Å². The van der Waals surface area contributed by atoms with Crippen molar-refractivity contribution in [1.29, 1.82) is 0 Å². The normalized spacial score (nSPS) is 22.0. The van der Waals surface area contributed by atoms with Gasteiger partial charge in [0.25, 0.3) is 0 Å². The molecule has 0 radical (unpaired) electrons. The summed E-state index contributed by atoms with van der Waals surface area (Å²) in [5, 5.41) is 0. The van der Waals surface area contributed by atoms with E-state index in [0.29, 0.717) is 24.3 Å². The number of fused-ring (bicyclic) bond motifs is 3. The van der Waals surface area contributed by atoms with Gasteiger partial charge in [-0.1, -0.05) is 29.8 Å². The molecule has 0 aromatic heterocycles. The lowest BCUT2D eigenvalue weighted by molar-refractivity contribution is -0.133. The van der Waals surface area contributed by atoms with Crippen LogP contribution in [0.3, 0.4) is 0 Å². The van der Waals surface area contributed by atoms with Crippen molar-refractivity contribution >= 4 is 11.7 Å². The predicted molar refractivity (Wildman–Crippen MR) is 99.1 cm³/mol. The molecule has 2 aromatic carbocycles. The molecule has 0 aliphatic carbocycles. The van der Waals surface area contributed by atoms with Crippen molar-refractivity contribution in [2.75, 3.05) is 25.5 Å². The van der Waals surface area contributed by atoms with E-state index < -0.39 is 0 Å². The first-order valence-electron chi connectivity index (χ1n) is 8.86. The fourth-order valence-electron chi connectivity index (χ4n) is 4.21. The van der Waals surface area contributed by atoms with Crippen molar-refractivity contribution < 1.29 is 9.53 Å². The van der Waals surface area contributed by atoms with Crippen LogP contribution >= 0.6 is 0 Å². The Morgan fingerprint density at radius 1 is 1.16 bits per heavy atom. The lowest BCUT2D eigenvalue weighted by Gasteiger charge is -2.28. The Bertz CT molecular complexity index is 800. The van der Waals surface area contributed by atoms with E-state index in [2.05, 4.69) is 36.0 Å². The minimum atomic E-state index is -0.213. The van der Waals surface area contributed by atoms with Crippen LogP contribution in [0.5, 0.6) is 5.75 Å². The largest absolute Gasteiger partial charge is 0.426 e. The lowest BCUT2D eigenvalue weighted by atomic mass is 9.98. The van der Waals surface area contributed by atoms with E-state index in [1.807, 2.05) is 37.3 Å². The van der Waals surface area contributed by atoms with Gasteiger partial charge >= 0.3 is 5.97 Å². The maximum Gasteiger partial charge on any atom is 0.315 e. The average Bonchev–Trinajstić information content (AvgIpc) is 3.09. The molecule has 2 aliphatic heterocycles. The van der Waals surface area contributed by atoms with E-state index in [1.165, 1.54) is 16.8 Å². The van der Waals surface area contributed by atoms with Gasteiger partial charge in [-0.2, -0.15) is 0 Å². The number of hydrogen-bond donors (Lipinski definition) is 0. The first-order valence-corrected chi connectivity index (χ1v) is 8.86. The van der Waals surface area contributed by atoms with Crippen molar-refractivity contribution in [2.45, 2.75) is 31.8 Å². The highest BCUT2D eigenvalue weighted by molar-refractivity contribution is 5.76. The Hall–Kier alpha value is -2.33. The SMILES string of the molecule is Cc1ccc(CC(=O)Oc2ccc3c(c2)C2CCN(C)C2N3C)cc1. The quantitative estimate of drug-likeness (QED) is 0.636. The summed E-state index contributed by atoms with van der Waals surface area (Å²) in [6.45, 7) is 3.15. The molecule has 4 rings (SSSR count). The number of aryl methyl sites for hydroxylation is 1. The zero-order valence-corrected chi connectivity index (χ0v) is 15.0. The number of likely N-dealkylation sites (N-methyl/N-ethyl adjacent to an activating group) is 2. The van der Waals surface area contributed by atoms with Crippen LogP contribution in [-0.2, 0) is 11.2 Å². The number of likely N-dealkylation sites (tertiary alicyclic amines) is 1. The van der Waals surface area contributed by atoms with Gasteiger partial charge in [-0.3, -0.25) is 9.69 Å². The standard InChI is InChI=1S/C21H24N2O2/c1-14-4-6-15(7-5-14)12-20(24)25-16-8-9-19-18(13-16)17-10-11-22(2)21(17)23(19)3/h4-9,13,17,21H,10-12H2,1-3H3. The van der Waals surface area contributed by atoms with Crippen LogP contribution in [0.2, 0.25) is 0 Å². The number of anilines is 1. The summed E-state index contributed by atoms with van der Waals surface area (Å²) in [5.74, 6) is 0.940. The van der Waals surface area contributed by atoms with Crippen LogP contribution in [0.25, 0.3) is 0 Å². The van der Waals surface area contributed by atoms with Crippen molar-refractivity contribution in [2.24, 2.45) is 0 Å². The fourth-order valence-corrected chi connectivity index (χ4v) is 4.21. The van der Waals surface area contributed by atoms with Crippen LogP contribution in [-0.4, -0.2) is 37.7 Å². The average molecular weight is 336 g/mol. The van der Waals surface area contributed by atoms with Crippen molar-refractivity contribution in [3.05, 3.63) is 59.2 Å². The molecule has 2 aromatic rings. The molecular formula is C21H24N2O2. The summed E-state index contributed by atoms with van der Waals surface area (Å²) in [5.41, 5.74) is 4.72. The molecular weight excluding hydrogens is 312 g/mol. The molecule has 4 heteroatoms. The Morgan fingerprint density at radius 3 is 2.68 bits per heavy atom. The second-order valence-corrected chi connectivity index (χ2v) is 7.26. The number of esters is 1. The first kappa shape index (κ1) is 16.2. The van der Waals surface area contributed by atoms with E-state index in [9.17, 15) is 4.79 Å². The number of carbonyl (C=O) groups is 1. The highest BCUT2D eigenvalue weighted by atomic mass is 16.5. The Balaban J connectivity index is 1.49. The van der Waals surface area contributed by atoms with Gasteiger partial charge in [0.05, 0.1) is 12.6 Å². The van der Waals surface area contributed by atoms with Gasteiger partial charge in [0, 0.05) is 25.2 Å². The third kappa shape index (κ3) is 2.91. The summed E-state index contributed by atoms with van der Waals surface area (Å²) in [7, 11) is 4.32. The molecule has 4 nitrogen and oxygen atoms in total. The maximum absolute atomic E-state index is 12.3. The number of hydrogen-bond acceptors (Lipinski definition) is 4. The zero-order chi connectivity index (χ0) is 17.6. The maximum atomic E-state index is 12.3. The molecule has 25 heavy (non-hydrogen) atoms. The summed E-state index contributed by atoms with van der Waals surface area (Å²) in [6, 6.07) is 14.0. The summed E-state index contributed by atoms with van der Waals surface area (Å²) in [6.07, 6.45) is 1.87. The second-order valence-electron chi connectivity index (χ2n) is 7.26. The molecule has 2 aliphatic rings. The molecule has 2 heterocycles. The number of nitrogens with zero attached hydrogens (tertiary/aromatic N) is 2. The van der Waals surface area contributed by atoms with Crippen molar-refractivity contribution in [1.82, 2.24) is 4.90 Å². The third-order valence-electron chi connectivity index (χ3n) is 5.48. The smallest absolute Gasteiger partial charge is 0.315 e. The molecule has 1 saturated heterocycles. The number of rotatable bonds is 3. The van der Waals surface area contributed by atoms with Gasteiger partial charge in [-0.15, -0.1) is 0 Å². The molecule has 1 fully saturated rings. The predicted octanol–water partition coefficient (Wildman–Crippen LogP) is 3.34. The van der Waals surface area contributed by atoms with Gasteiger partial charge < -0.3 is 9.64 Å². The van der Waals surface area contributed by atoms with Gasteiger partial charge in [0.1, 0.15) is 5.75 Å². The number of ether oxygens (including phenoxy) is 1. The van der Waals surface area contributed by atoms with Crippen LogP contribution in [0.1, 0.15) is 29.0 Å². The highest BCUT2D eigenvalue weighted by Gasteiger charge is 2.43. The van der Waals surface area contributed by atoms with Crippen molar-refractivity contribution in [3.8, 4) is 5.75 Å². The van der Waals surface area contributed by atoms with E-state index in [0.717, 1.165) is 18.5 Å². The third-order valence-corrected chi connectivity index (χ3v) is 5.48. The van der Waals surface area contributed by atoms with Crippen LogP contribution < -0.4 is 9.64 Å².